The van der Waals surface area contributed by atoms with E-state index in [0.717, 1.165) is 18.7 Å². The molecule has 16 heavy (non-hydrogen) atoms. The summed E-state index contributed by atoms with van der Waals surface area (Å²) in [4.78, 5) is 3.86. The first-order chi connectivity index (χ1) is 7.75. The molecule has 1 unspecified atom stereocenters. The molecule has 0 saturated carbocycles. The number of rotatable bonds is 3. The molecule has 1 aliphatic rings. The third-order valence-corrected chi connectivity index (χ3v) is 2.96. The van der Waals surface area contributed by atoms with Crippen molar-refractivity contribution in [3.63, 3.8) is 0 Å². The first kappa shape index (κ1) is 11.5. The topological polar surface area (TPSA) is 28.2 Å². The minimum absolute atomic E-state index is 0.112. The van der Waals surface area contributed by atoms with Gasteiger partial charge in [-0.15, -0.1) is 0 Å². The van der Waals surface area contributed by atoms with Gasteiger partial charge >= 0.3 is 0 Å². The predicted molar refractivity (Wildman–Crippen MR) is 61.2 cm³/mol. The molecule has 0 radical (unpaired) electrons. The average molecular weight is 223 g/mol. The standard InChI is InChI=1S/C12H18FN3/c1-10(11-7-12(13)9-14-8-11)15-16-5-3-2-4-6-16/h7-10,15H,2-6H2,1H3. The number of halogens is 1. The number of nitrogens with zero attached hydrogens (tertiary/aromatic N) is 2. The molecule has 1 aromatic heterocycles. The number of hydrazine groups is 1. The molecule has 0 aliphatic carbocycles. The highest BCUT2D eigenvalue weighted by Crippen LogP contribution is 2.14. The fourth-order valence-electron chi connectivity index (χ4n) is 2.04. The van der Waals surface area contributed by atoms with Gasteiger partial charge in [-0.05, 0) is 31.4 Å². The summed E-state index contributed by atoms with van der Waals surface area (Å²) in [5, 5.41) is 2.22. The quantitative estimate of drug-likeness (QED) is 0.852. The van der Waals surface area contributed by atoms with Gasteiger partial charge in [-0.3, -0.25) is 4.98 Å². The van der Waals surface area contributed by atoms with E-state index in [1.54, 1.807) is 6.20 Å². The molecule has 88 valence electrons. The van der Waals surface area contributed by atoms with Gasteiger partial charge in [0, 0.05) is 25.3 Å². The molecule has 1 aromatic rings. The molecule has 1 saturated heterocycles. The summed E-state index contributed by atoms with van der Waals surface area (Å²) in [6.45, 7) is 4.19. The van der Waals surface area contributed by atoms with Crippen LogP contribution < -0.4 is 5.43 Å². The van der Waals surface area contributed by atoms with Gasteiger partial charge in [0.2, 0.25) is 0 Å². The molecule has 4 heteroatoms. The number of hydrogen-bond donors (Lipinski definition) is 1. The fourth-order valence-corrected chi connectivity index (χ4v) is 2.04. The van der Waals surface area contributed by atoms with Crippen molar-refractivity contribution in [1.29, 1.82) is 0 Å². The van der Waals surface area contributed by atoms with E-state index < -0.39 is 0 Å². The van der Waals surface area contributed by atoms with Crippen molar-refractivity contribution in [3.8, 4) is 0 Å². The van der Waals surface area contributed by atoms with Crippen molar-refractivity contribution in [2.24, 2.45) is 0 Å². The molecule has 0 amide bonds. The summed E-state index contributed by atoms with van der Waals surface area (Å²) >= 11 is 0. The Kier molecular flexibility index (Phi) is 3.85. The van der Waals surface area contributed by atoms with E-state index in [2.05, 4.69) is 15.4 Å². The van der Waals surface area contributed by atoms with Crippen molar-refractivity contribution >= 4 is 0 Å². The Labute approximate surface area is 95.6 Å². The summed E-state index contributed by atoms with van der Waals surface area (Å²) in [5.74, 6) is -0.273. The van der Waals surface area contributed by atoms with Crippen LogP contribution in [-0.2, 0) is 0 Å². The van der Waals surface area contributed by atoms with Crippen LogP contribution in [0.25, 0.3) is 0 Å². The number of hydrogen-bond acceptors (Lipinski definition) is 3. The van der Waals surface area contributed by atoms with E-state index in [1.807, 2.05) is 6.92 Å². The zero-order valence-electron chi connectivity index (χ0n) is 9.62. The number of nitrogens with one attached hydrogen (secondary N) is 1. The van der Waals surface area contributed by atoms with Crippen LogP contribution in [0.3, 0.4) is 0 Å². The molecular weight excluding hydrogens is 205 g/mol. The van der Waals surface area contributed by atoms with Crippen molar-refractivity contribution in [2.75, 3.05) is 13.1 Å². The first-order valence-electron chi connectivity index (χ1n) is 5.87. The molecular formula is C12H18FN3. The third-order valence-electron chi connectivity index (χ3n) is 2.96. The van der Waals surface area contributed by atoms with Crippen LogP contribution in [0.2, 0.25) is 0 Å². The monoisotopic (exact) mass is 223 g/mol. The average Bonchev–Trinajstić information content (AvgIpc) is 2.30. The summed E-state index contributed by atoms with van der Waals surface area (Å²) in [6, 6.07) is 1.65. The zero-order valence-corrected chi connectivity index (χ0v) is 9.62. The van der Waals surface area contributed by atoms with Crippen LogP contribution in [0.15, 0.2) is 18.5 Å². The number of pyridine rings is 1. The zero-order chi connectivity index (χ0) is 11.4. The lowest BCUT2D eigenvalue weighted by molar-refractivity contribution is 0.133. The largest absolute Gasteiger partial charge is 0.261 e. The van der Waals surface area contributed by atoms with E-state index in [-0.39, 0.29) is 11.9 Å². The lowest BCUT2D eigenvalue weighted by Gasteiger charge is -2.30. The Bertz CT molecular complexity index is 337. The first-order valence-corrected chi connectivity index (χ1v) is 5.87. The summed E-state index contributed by atoms with van der Waals surface area (Å²) in [6.07, 6.45) is 6.73. The number of aromatic nitrogens is 1. The Morgan fingerprint density at radius 2 is 2.06 bits per heavy atom. The van der Waals surface area contributed by atoms with E-state index in [9.17, 15) is 4.39 Å². The Morgan fingerprint density at radius 3 is 2.75 bits per heavy atom. The Morgan fingerprint density at radius 1 is 1.31 bits per heavy atom. The lowest BCUT2D eigenvalue weighted by atomic mass is 10.1. The van der Waals surface area contributed by atoms with Gasteiger partial charge < -0.3 is 0 Å². The van der Waals surface area contributed by atoms with Gasteiger partial charge in [0.15, 0.2) is 0 Å². The predicted octanol–water partition coefficient (Wildman–Crippen LogP) is 2.27. The Balaban J connectivity index is 1.94. The highest BCUT2D eigenvalue weighted by atomic mass is 19.1. The summed E-state index contributed by atoms with van der Waals surface area (Å²) < 4.78 is 13.0. The van der Waals surface area contributed by atoms with Crippen LogP contribution >= 0.6 is 0 Å². The molecule has 3 nitrogen and oxygen atoms in total. The lowest BCUT2D eigenvalue weighted by Crippen LogP contribution is -2.42. The molecule has 1 atom stereocenters. The van der Waals surface area contributed by atoms with Gasteiger partial charge in [-0.25, -0.2) is 14.8 Å². The maximum atomic E-state index is 13.0. The van der Waals surface area contributed by atoms with E-state index in [1.165, 1.54) is 31.5 Å². The van der Waals surface area contributed by atoms with Crippen LogP contribution in [-0.4, -0.2) is 23.1 Å². The Hall–Kier alpha value is -1.00. The molecule has 1 aliphatic heterocycles. The fraction of sp³-hybridized carbons (Fsp3) is 0.583. The maximum absolute atomic E-state index is 13.0. The van der Waals surface area contributed by atoms with Crippen LogP contribution in [0.4, 0.5) is 4.39 Å². The van der Waals surface area contributed by atoms with E-state index in [0.29, 0.717) is 0 Å². The van der Waals surface area contributed by atoms with Gasteiger partial charge in [0.05, 0.1) is 6.20 Å². The highest BCUT2D eigenvalue weighted by Gasteiger charge is 2.14. The molecule has 0 bridgehead atoms. The normalized spacial score (nSPS) is 19.6. The molecule has 0 aromatic carbocycles. The number of piperidine rings is 1. The van der Waals surface area contributed by atoms with Crippen molar-refractivity contribution in [3.05, 3.63) is 29.8 Å². The maximum Gasteiger partial charge on any atom is 0.141 e. The van der Waals surface area contributed by atoms with E-state index >= 15 is 0 Å². The van der Waals surface area contributed by atoms with Crippen molar-refractivity contribution in [2.45, 2.75) is 32.2 Å². The SMILES string of the molecule is CC(NN1CCCCC1)c1cncc(F)c1. The third kappa shape index (κ3) is 3.00. The molecule has 1 fully saturated rings. The molecule has 1 N–H and O–H groups in total. The molecule has 0 spiro atoms. The summed E-state index contributed by atoms with van der Waals surface area (Å²) in [7, 11) is 0. The van der Waals surface area contributed by atoms with Crippen LogP contribution in [0.5, 0.6) is 0 Å². The van der Waals surface area contributed by atoms with Gasteiger partial charge in [0.1, 0.15) is 5.82 Å². The van der Waals surface area contributed by atoms with Crippen molar-refractivity contribution in [1.82, 2.24) is 15.4 Å². The molecule has 2 heterocycles. The minimum Gasteiger partial charge on any atom is -0.261 e. The van der Waals surface area contributed by atoms with Gasteiger partial charge in [0.25, 0.3) is 0 Å². The molecule has 2 rings (SSSR count). The van der Waals surface area contributed by atoms with Gasteiger partial charge in [-0.2, -0.15) is 0 Å². The van der Waals surface area contributed by atoms with Crippen LogP contribution in [0, 0.1) is 5.82 Å². The second-order valence-corrected chi connectivity index (χ2v) is 4.33. The van der Waals surface area contributed by atoms with E-state index in [4.69, 9.17) is 0 Å². The smallest absolute Gasteiger partial charge is 0.141 e. The second-order valence-electron chi connectivity index (χ2n) is 4.33. The summed E-state index contributed by atoms with van der Waals surface area (Å²) in [5.41, 5.74) is 4.28. The van der Waals surface area contributed by atoms with Gasteiger partial charge in [-0.1, -0.05) is 6.42 Å². The highest BCUT2D eigenvalue weighted by molar-refractivity contribution is 5.13. The van der Waals surface area contributed by atoms with Crippen LogP contribution in [0.1, 0.15) is 37.8 Å². The van der Waals surface area contributed by atoms with Crippen molar-refractivity contribution < 1.29 is 4.39 Å². The minimum atomic E-state index is -0.273. The second kappa shape index (κ2) is 5.37.